The molecule has 1 aliphatic heterocycles. The van der Waals surface area contributed by atoms with Gasteiger partial charge in [-0.05, 0) is 71.8 Å². The number of anilines is 1. The normalized spacial score (nSPS) is 16.6. The summed E-state index contributed by atoms with van der Waals surface area (Å²) in [5, 5.41) is 17.8. The predicted molar refractivity (Wildman–Crippen MR) is 107 cm³/mol. The largest absolute Gasteiger partial charge is 0.508 e. The van der Waals surface area contributed by atoms with Gasteiger partial charge in [-0.3, -0.25) is 5.01 Å². The summed E-state index contributed by atoms with van der Waals surface area (Å²) < 4.78 is 0. The van der Waals surface area contributed by atoms with E-state index in [9.17, 15) is 5.11 Å². The first-order chi connectivity index (χ1) is 12.6. The molecule has 0 aliphatic carbocycles. The molecule has 0 bridgehead atoms. The van der Waals surface area contributed by atoms with E-state index < -0.39 is 0 Å². The third-order valence-corrected chi connectivity index (χ3v) is 4.92. The number of rotatable bonds is 3. The Morgan fingerprint density at radius 3 is 2.31 bits per heavy atom. The summed E-state index contributed by atoms with van der Waals surface area (Å²) in [6.07, 6.45) is 0.744. The number of aromatic hydroxyl groups is 1. The minimum absolute atomic E-state index is 0.0404. The fraction of sp³-hybridized carbons (Fsp3) is 0.0952. The highest BCUT2D eigenvalue weighted by atomic mass is 35.5. The molecule has 1 unspecified atom stereocenters. The first-order valence-corrected chi connectivity index (χ1v) is 9.03. The highest BCUT2D eigenvalue weighted by molar-refractivity contribution is 6.31. The summed E-state index contributed by atoms with van der Waals surface area (Å²) in [5.41, 5.74) is 4.02. The topological polar surface area (TPSA) is 35.8 Å². The van der Waals surface area contributed by atoms with Crippen LogP contribution >= 0.6 is 23.2 Å². The Labute approximate surface area is 162 Å². The summed E-state index contributed by atoms with van der Waals surface area (Å²) in [4.78, 5) is 0. The van der Waals surface area contributed by atoms with Crippen molar-refractivity contribution in [1.82, 2.24) is 0 Å². The van der Waals surface area contributed by atoms with E-state index in [0.29, 0.717) is 10.0 Å². The lowest BCUT2D eigenvalue weighted by molar-refractivity contribution is 0.475. The SMILES string of the molecule is Oc1ccc(C2=NN(c3ccc(Cl)cc3)C(c3cccc(Cl)c3)C2)cc1. The van der Waals surface area contributed by atoms with Gasteiger partial charge < -0.3 is 5.11 Å². The number of halogens is 2. The van der Waals surface area contributed by atoms with Crippen molar-refractivity contribution in [3.8, 4) is 5.75 Å². The minimum atomic E-state index is 0.0404. The number of hydrogen-bond acceptors (Lipinski definition) is 3. The first-order valence-electron chi connectivity index (χ1n) is 8.27. The maximum absolute atomic E-state index is 9.54. The van der Waals surface area contributed by atoms with Gasteiger partial charge in [-0.1, -0.05) is 35.3 Å². The van der Waals surface area contributed by atoms with Crippen LogP contribution in [0, 0.1) is 0 Å². The van der Waals surface area contributed by atoms with Crippen LogP contribution in [0.25, 0.3) is 0 Å². The molecule has 0 spiro atoms. The highest BCUT2D eigenvalue weighted by Crippen LogP contribution is 2.37. The van der Waals surface area contributed by atoms with E-state index in [1.165, 1.54) is 0 Å². The number of hydrogen-bond donors (Lipinski definition) is 1. The summed E-state index contributed by atoms with van der Waals surface area (Å²) in [6.45, 7) is 0. The maximum atomic E-state index is 9.54. The summed E-state index contributed by atoms with van der Waals surface area (Å²) in [7, 11) is 0. The van der Waals surface area contributed by atoms with Crippen molar-refractivity contribution < 1.29 is 5.11 Å². The van der Waals surface area contributed by atoms with E-state index in [1.807, 2.05) is 59.6 Å². The molecule has 0 aromatic heterocycles. The Kier molecular flexibility index (Phi) is 4.58. The van der Waals surface area contributed by atoms with Crippen LogP contribution < -0.4 is 5.01 Å². The molecule has 0 radical (unpaired) electrons. The molecule has 3 aromatic carbocycles. The quantitative estimate of drug-likeness (QED) is 0.597. The Morgan fingerprint density at radius 1 is 0.885 bits per heavy atom. The van der Waals surface area contributed by atoms with Crippen LogP contribution in [-0.4, -0.2) is 10.8 Å². The van der Waals surface area contributed by atoms with Crippen molar-refractivity contribution in [2.75, 3.05) is 5.01 Å². The summed E-state index contributed by atoms with van der Waals surface area (Å²) in [5.74, 6) is 0.244. The summed E-state index contributed by atoms with van der Waals surface area (Å²) in [6, 6.07) is 22.7. The van der Waals surface area contributed by atoms with E-state index in [0.717, 1.165) is 28.9 Å². The van der Waals surface area contributed by atoms with Gasteiger partial charge in [-0.25, -0.2) is 0 Å². The van der Waals surface area contributed by atoms with Crippen molar-refractivity contribution in [3.05, 3.63) is 94.0 Å². The van der Waals surface area contributed by atoms with Gasteiger partial charge in [0, 0.05) is 16.5 Å². The van der Waals surface area contributed by atoms with E-state index in [-0.39, 0.29) is 11.8 Å². The zero-order valence-electron chi connectivity index (χ0n) is 13.8. The van der Waals surface area contributed by atoms with Crippen molar-refractivity contribution >= 4 is 34.6 Å². The van der Waals surface area contributed by atoms with Crippen molar-refractivity contribution in [2.24, 2.45) is 5.10 Å². The molecule has 4 rings (SSSR count). The molecule has 1 N–H and O–H groups in total. The van der Waals surface area contributed by atoms with Gasteiger partial charge in [-0.2, -0.15) is 5.10 Å². The monoisotopic (exact) mass is 382 g/mol. The van der Waals surface area contributed by atoms with Crippen LogP contribution in [0.1, 0.15) is 23.6 Å². The molecule has 1 atom stereocenters. The smallest absolute Gasteiger partial charge is 0.115 e. The molecular weight excluding hydrogens is 367 g/mol. The Balaban J connectivity index is 1.75. The molecule has 0 saturated carbocycles. The number of benzene rings is 3. The third-order valence-electron chi connectivity index (χ3n) is 4.44. The van der Waals surface area contributed by atoms with Crippen molar-refractivity contribution in [1.29, 1.82) is 0 Å². The molecule has 3 nitrogen and oxygen atoms in total. The second-order valence-electron chi connectivity index (χ2n) is 6.19. The van der Waals surface area contributed by atoms with Gasteiger partial charge in [-0.15, -0.1) is 0 Å². The van der Waals surface area contributed by atoms with E-state index in [1.54, 1.807) is 12.1 Å². The van der Waals surface area contributed by atoms with Gasteiger partial charge in [0.05, 0.1) is 17.4 Å². The van der Waals surface area contributed by atoms with Crippen LogP contribution in [0.15, 0.2) is 77.9 Å². The van der Waals surface area contributed by atoms with E-state index in [4.69, 9.17) is 28.3 Å². The number of hydrazone groups is 1. The second kappa shape index (κ2) is 7.02. The molecule has 0 saturated heterocycles. The van der Waals surface area contributed by atoms with Crippen LogP contribution in [0.4, 0.5) is 5.69 Å². The molecule has 1 aliphatic rings. The predicted octanol–water partition coefficient (Wildman–Crippen LogP) is 6.05. The fourth-order valence-electron chi connectivity index (χ4n) is 3.14. The van der Waals surface area contributed by atoms with Gasteiger partial charge in [0.2, 0.25) is 0 Å². The Bertz CT molecular complexity index is 953. The average molecular weight is 383 g/mol. The van der Waals surface area contributed by atoms with Crippen LogP contribution in [0.3, 0.4) is 0 Å². The van der Waals surface area contributed by atoms with Gasteiger partial charge >= 0.3 is 0 Å². The molecule has 1 heterocycles. The van der Waals surface area contributed by atoms with Crippen LogP contribution in [0.2, 0.25) is 10.0 Å². The van der Waals surface area contributed by atoms with Gasteiger partial charge in [0.25, 0.3) is 0 Å². The number of phenolic OH excluding ortho intramolecular Hbond substituents is 1. The number of phenols is 1. The fourth-order valence-corrected chi connectivity index (χ4v) is 3.47. The van der Waals surface area contributed by atoms with Crippen molar-refractivity contribution in [3.63, 3.8) is 0 Å². The standard InChI is InChI=1S/C21H16Cl2N2O/c22-16-6-8-18(9-7-16)25-21(15-2-1-3-17(23)12-15)13-20(24-25)14-4-10-19(26)11-5-14/h1-12,21,26H,13H2. The average Bonchev–Trinajstić information content (AvgIpc) is 3.08. The van der Waals surface area contributed by atoms with Crippen LogP contribution in [-0.2, 0) is 0 Å². The lowest BCUT2D eigenvalue weighted by Crippen LogP contribution is -2.18. The second-order valence-corrected chi connectivity index (χ2v) is 7.06. The van der Waals surface area contributed by atoms with Gasteiger partial charge in [0.15, 0.2) is 0 Å². The Morgan fingerprint density at radius 2 is 1.62 bits per heavy atom. The van der Waals surface area contributed by atoms with Gasteiger partial charge in [0.1, 0.15) is 5.75 Å². The molecule has 0 amide bonds. The van der Waals surface area contributed by atoms with Crippen LogP contribution in [0.5, 0.6) is 5.75 Å². The Hall–Kier alpha value is -2.49. The molecular formula is C21H16Cl2N2O. The van der Waals surface area contributed by atoms with E-state index in [2.05, 4.69) is 6.07 Å². The first kappa shape index (κ1) is 17.0. The highest BCUT2D eigenvalue weighted by Gasteiger charge is 2.30. The molecule has 5 heteroatoms. The zero-order chi connectivity index (χ0) is 18.1. The molecule has 0 fully saturated rings. The van der Waals surface area contributed by atoms with E-state index >= 15 is 0 Å². The lowest BCUT2D eigenvalue weighted by Gasteiger charge is -2.24. The zero-order valence-corrected chi connectivity index (χ0v) is 15.3. The maximum Gasteiger partial charge on any atom is 0.115 e. The lowest BCUT2D eigenvalue weighted by atomic mass is 9.98. The minimum Gasteiger partial charge on any atom is -0.508 e. The van der Waals surface area contributed by atoms with Crippen molar-refractivity contribution in [2.45, 2.75) is 12.5 Å². The molecule has 26 heavy (non-hydrogen) atoms. The summed E-state index contributed by atoms with van der Waals surface area (Å²) >= 11 is 12.2. The number of nitrogens with zero attached hydrogens (tertiary/aromatic N) is 2. The molecule has 3 aromatic rings. The third kappa shape index (κ3) is 3.41. The molecule has 130 valence electrons.